The predicted octanol–water partition coefficient (Wildman–Crippen LogP) is -0.117. The fraction of sp³-hybridized carbons (Fsp3) is 0.643. The number of aliphatic hydroxyl groups excluding tert-OH is 1. The van der Waals surface area contributed by atoms with Gasteiger partial charge in [-0.15, -0.1) is 6.58 Å². The molecule has 22 heavy (non-hydrogen) atoms. The summed E-state index contributed by atoms with van der Waals surface area (Å²) >= 11 is 1.67. The maximum atomic E-state index is 12.3. The van der Waals surface area contributed by atoms with Crippen molar-refractivity contribution in [2.75, 3.05) is 18.1 Å². The van der Waals surface area contributed by atoms with Gasteiger partial charge in [-0.3, -0.25) is 0 Å². The minimum absolute atomic E-state index is 0.0865. The second kappa shape index (κ2) is 9.47. The highest BCUT2D eigenvalue weighted by Gasteiger charge is 2.13. The van der Waals surface area contributed by atoms with Gasteiger partial charge >= 0.3 is 17.1 Å². The third-order valence-corrected chi connectivity index (χ3v) is 4.29. The van der Waals surface area contributed by atoms with Crippen molar-refractivity contribution in [2.45, 2.75) is 39.4 Å². The second-order valence-electron chi connectivity index (χ2n) is 4.69. The maximum Gasteiger partial charge on any atom is 0.336 e. The van der Waals surface area contributed by atoms with E-state index < -0.39 is 17.1 Å². The average molecular weight is 329 g/mol. The average Bonchev–Trinajstić information content (AvgIpc) is 2.50. The van der Waals surface area contributed by atoms with Crippen LogP contribution in [0.2, 0.25) is 0 Å². The number of hydrogen-bond acceptors (Lipinski definition) is 5. The highest BCUT2D eigenvalue weighted by molar-refractivity contribution is 7.99. The molecule has 1 aromatic heterocycles. The molecule has 0 fully saturated rings. The summed E-state index contributed by atoms with van der Waals surface area (Å²) < 4.78 is 3.20. The lowest BCUT2D eigenvalue weighted by Crippen LogP contribution is -2.54. The highest BCUT2D eigenvalue weighted by Crippen LogP contribution is 2.04. The Morgan fingerprint density at radius 2 is 1.64 bits per heavy atom. The Morgan fingerprint density at radius 3 is 2.23 bits per heavy atom. The molecule has 0 saturated heterocycles. The van der Waals surface area contributed by atoms with Gasteiger partial charge in [0.15, 0.2) is 0 Å². The van der Waals surface area contributed by atoms with Gasteiger partial charge in [-0.25, -0.2) is 28.1 Å². The molecule has 0 saturated carbocycles. The molecule has 0 unspecified atom stereocenters. The van der Waals surface area contributed by atoms with Crippen LogP contribution >= 0.6 is 11.8 Å². The van der Waals surface area contributed by atoms with Crippen LogP contribution in [0.15, 0.2) is 27.0 Å². The Balaban J connectivity index is 2.96. The molecule has 7 nitrogen and oxygen atoms in total. The van der Waals surface area contributed by atoms with E-state index >= 15 is 0 Å². The minimum Gasteiger partial charge on any atom is -0.396 e. The fourth-order valence-corrected chi connectivity index (χ4v) is 2.89. The molecule has 1 rings (SSSR count). The molecule has 1 aromatic rings. The second-order valence-corrected chi connectivity index (χ2v) is 5.91. The topological polar surface area (TPSA) is 86.2 Å². The smallest absolute Gasteiger partial charge is 0.336 e. The van der Waals surface area contributed by atoms with E-state index in [0.29, 0.717) is 6.42 Å². The fourth-order valence-electron chi connectivity index (χ4n) is 2.02. The summed E-state index contributed by atoms with van der Waals surface area (Å²) in [5, 5.41) is 8.70. The summed E-state index contributed by atoms with van der Waals surface area (Å²) in [5.41, 5.74) is -1.73. The van der Waals surface area contributed by atoms with Crippen molar-refractivity contribution in [1.82, 2.24) is 13.7 Å². The van der Waals surface area contributed by atoms with Gasteiger partial charge in [-0.2, -0.15) is 11.8 Å². The third kappa shape index (κ3) is 4.48. The van der Waals surface area contributed by atoms with E-state index in [1.54, 1.807) is 18.7 Å². The van der Waals surface area contributed by atoms with Crippen molar-refractivity contribution in [2.24, 2.45) is 0 Å². The van der Waals surface area contributed by atoms with Crippen LogP contribution < -0.4 is 17.1 Å². The van der Waals surface area contributed by atoms with Gasteiger partial charge in [0.05, 0.1) is 6.54 Å². The van der Waals surface area contributed by atoms with Gasteiger partial charge in [0.2, 0.25) is 0 Å². The van der Waals surface area contributed by atoms with E-state index in [9.17, 15) is 14.4 Å². The third-order valence-electron chi connectivity index (χ3n) is 3.13. The van der Waals surface area contributed by atoms with Crippen molar-refractivity contribution in [3.05, 3.63) is 44.1 Å². The molecular weight excluding hydrogens is 306 g/mol. The molecule has 1 N–H and O–H groups in total. The predicted molar refractivity (Wildman–Crippen MR) is 88.7 cm³/mol. The van der Waals surface area contributed by atoms with Crippen molar-refractivity contribution < 1.29 is 5.11 Å². The normalized spacial score (nSPS) is 10.8. The van der Waals surface area contributed by atoms with E-state index in [1.165, 1.54) is 6.08 Å². The van der Waals surface area contributed by atoms with E-state index in [4.69, 9.17) is 5.11 Å². The number of rotatable bonds is 10. The lowest BCUT2D eigenvalue weighted by molar-refractivity contribution is 0.296. The SMILES string of the molecule is C=CCn1c(=O)n(CC)c(=O)n(CCCSCCCO)c1=O. The molecule has 0 aliphatic rings. The Kier molecular flexibility index (Phi) is 7.97. The summed E-state index contributed by atoms with van der Waals surface area (Å²) in [6, 6.07) is 0. The zero-order valence-electron chi connectivity index (χ0n) is 12.9. The molecule has 8 heteroatoms. The lowest BCUT2D eigenvalue weighted by atomic mass is 10.5. The Bertz CT molecular complexity index is 660. The highest BCUT2D eigenvalue weighted by atomic mass is 32.2. The first-order valence-electron chi connectivity index (χ1n) is 7.32. The first kappa shape index (κ1) is 18.5. The van der Waals surface area contributed by atoms with Crippen molar-refractivity contribution >= 4 is 11.8 Å². The molecular formula is C14H23N3O4S. The Labute approximate surface area is 132 Å². The first-order chi connectivity index (χ1) is 10.6. The molecule has 0 amide bonds. The number of thioether (sulfide) groups is 1. The summed E-state index contributed by atoms with van der Waals surface area (Å²) in [6.07, 6.45) is 2.85. The van der Waals surface area contributed by atoms with Gasteiger partial charge in [0.25, 0.3) is 0 Å². The molecule has 0 radical (unpaired) electrons. The van der Waals surface area contributed by atoms with E-state index in [1.807, 2.05) is 0 Å². The van der Waals surface area contributed by atoms with Crippen LogP contribution in [0.4, 0.5) is 0 Å². The number of allylic oxidation sites excluding steroid dienone is 1. The molecule has 124 valence electrons. The van der Waals surface area contributed by atoms with Crippen LogP contribution in [0.3, 0.4) is 0 Å². The van der Waals surface area contributed by atoms with Crippen LogP contribution in [0.5, 0.6) is 0 Å². The minimum atomic E-state index is -0.592. The van der Waals surface area contributed by atoms with Crippen molar-refractivity contribution in [3.8, 4) is 0 Å². The van der Waals surface area contributed by atoms with Crippen LogP contribution in [0.1, 0.15) is 19.8 Å². The molecule has 0 aliphatic heterocycles. The zero-order chi connectivity index (χ0) is 16.5. The van der Waals surface area contributed by atoms with Gasteiger partial charge in [-0.05, 0) is 31.3 Å². The number of hydrogen-bond donors (Lipinski definition) is 1. The van der Waals surface area contributed by atoms with E-state index in [-0.39, 0.29) is 26.2 Å². The molecule has 0 aliphatic carbocycles. The summed E-state index contributed by atoms with van der Waals surface area (Å²) in [7, 11) is 0. The van der Waals surface area contributed by atoms with Crippen LogP contribution in [-0.2, 0) is 19.6 Å². The Morgan fingerprint density at radius 1 is 1.05 bits per heavy atom. The molecule has 1 heterocycles. The first-order valence-corrected chi connectivity index (χ1v) is 8.47. The number of aromatic nitrogens is 3. The quantitative estimate of drug-likeness (QED) is 0.478. The molecule has 0 atom stereocenters. The van der Waals surface area contributed by atoms with Crippen LogP contribution in [0.25, 0.3) is 0 Å². The summed E-state index contributed by atoms with van der Waals surface area (Å²) in [4.78, 5) is 36.5. The molecule has 0 spiro atoms. The maximum absolute atomic E-state index is 12.3. The monoisotopic (exact) mass is 329 g/mol. The zero-order valence-corrected chi connectivity index (χ0v) is 13.7. The van der Waals surface area contributed by atoms with Gasteiger partial charge in [-0.1, -0.05) is 6.08 Å². The van der Waals surface area contributed by atoms with E-state index in [2.05, 4.69) is 6.58 Å². The molecule has 0 bridgehead atoms. The van der Waals surface area contributed by atoms with Crippen LogP contribution in [-0.4, -0.2) is 36.9 Å². The van der Waals surface area contributed by atoms with Crippen LogP contribution in [0, 0.1) is 0 Å². The number of nitrogens with zero attached hydrogens (tertiary/aromatic N) is 3. The summed E-state index contributed by atoms with van der Waals surface area (Å²) in [6.45, 7) is 5.98. The van der Waals surface area contributed by atoms with Crippen molar-refractivity contribution in [3.63, 3.8) is 0 Å². The standard InChI is InChI=1S/C14H23N3O4S/c1-3-7-16-12(19)15(4-2)13(20)17(14(16)21)8-5-10-22-11-6-9-18/h3,18H,1,4-11H2,2H3. The van der Waals surface area contributed by atoms with Gasteiger partial charge in [0.1, 0.15) is 0 Å². The van der Waals surface area contributed by atoms with E-state index in [0.717, 1.165) is 31.6 Å². The summed E-state index contributed by atoms with van der Waals surface area (Å²) in [5.74, 6) is 1.64. The lowest BCUT2D eigenvalue weighted by Gasteiger charge is -2.11. The number of aliphatic hydroxyl groups is 1. The molecule has 0 aromatic carbocycles. The Hall–Kier alpha value is -1.54. The van der Waals surface area contributed by atoms with Gasteiger partial charge in [0, 0.05) is 19.7 Å². The largest absolute Gasteiger partial charge is 0.396 e. The van der Waals surface area contributed by atoms with Crippen molar-refractivity contribution in [1.29, 1.82) is 0 Å². The van der Waals surface area contributed by atoms with Gasteiger partial charge < -0.3 is 5.11 Å².